The molecule has 2 aromatic carbocycles. The highest BCUT2D eigenvalue weighted by Crippen LogP contribution is 2.25. The lowest BCUT2D eigenvalue weighted by atomic mass is 10.1. The molecule has 2 heterocycles. The predicted octanol–water partition coefficient (Wildman–Crippen LogP) is 2.53. The molecule has 0 fully saturated rings. The Bertz CT molecular complexity index is 1110. The van der Waals surface area contributed by atoms with E-state index in [1.54, 1.807) is 17.0 Å². The normalized spacial score (nSPS) is 11.3. The largest absolute Gasteiger partial charge is 0.504 e. The first-order valence-electron chi connectivity index (χ1n) is 7.60. The maximum absolute atomic E-state index is 12.6. The second-order valence-corrected chi connectivity index (χ2v) is 5.71. The topological polar surface area (TPSA) is 91.1 Å². The van der Waals surface area contributed by atoms with Gasteiger partial charge in [-0.2, -0.15) is 0 Å². The molecule has 0 saturated heterocycles. The second-order valence-electron chi connectivity index (χ2n) is 5.71. The number of fused-ring (bicyclic) bond motifs is 3. The number of aromatic hydroxyl groups is 2. The van der Waals surface area contributed by atoms with Gasteiger partial charge in [-0.05, 0) is 30.2 Å². The predicted molar refractivity (Wildman–Crippen MR) is 91.3 cm³/mol. The summed E-state index contributed by atoms with van der Waals surface area (Å²) in [7, 11) is 0. The lowest BCUT2D eigenvalue weighted by Crippen LogP contribution is -2.21. The van der Waals surface area contributed by atoms with Gasteiger partial charge in [0.15, 0.2) is 11.5 Å². The third-order valence-corrected chi connectivity index (χ3v) is 4.16. The van der Waals surface area contributed by atoms with E-state index in [1.807, 2.05) is 24.3 Å². The second kappa shape index (κ2) is 5.42. The van der Waals surface area contributed by atoms with Gasteiger partial charge in [0.2, 0.25) is 0 Å². The van der Waals surface area contributed by atoms with Crippen molar-refractivity contribution in [1.29, 1.82) is 0 Å². The zero-order valence-electron chi connectivity index (χ0n) is 12.7. The van der Waals surface area contributed by atoms with Crippen LogP contribution in [0.3, 0.4) is 0 Å². The SMILES string of the molecule is O=c1c2[nH]c3ccccc3c2ncn1CCc1ccc(O)c(O)c1. The molecular formula is C18H15N3O3. The molecule has 0 amide bonds. The van der Waals surface area contributed by atoms with E-state index in [4.69, 9.17) is 0 Å². The van der Waals surface area contributed by atoms with Gasteiger partial charge in [-0.3, -0.25) is 9.36 Å². The maximum Gasteiger partial charge on any atom is 0.277 e. The molecule has 0 aliphatic heterocycles. The quantitative estimate of drug-likeness (QED) is 0.506. The number of H-pyrrole nitrogens is 1. The van der Waals surface area contributed by atoms with Crippen molar-refractivity contribution >= 4 is 21.9 Å². The summed E-state index contributed by atoms with van der Waals surface area (Å²) in [6.45, 7) is 0.432. The standard InChI is InChI=1S/C18H15N3O3/c22-14-6-5-11(9-15(14)23)7-8-21-10-19-16-12-3-1-2-4-13(12)20-17(16)18(21)24/h1-6,9-10,20,22-23H,7-8H2. The van der Waals surface area contributed by atoms with Crippen LogP contribution in [-0.2, 0) is 13.0 Å². The van der Waals surface area contributed by atoms with Gasteiger partial charge < -0.3 is 15.2 Å². The lowest BCUT2D eigenvalue weighted by molar-refractivity contribution is 0.403. The number of phenolic OH excluding ortho intramolecular Hbond substituents is 2. The molecule has 0 aliphatic rings. The molecule has 3 N–H and O–H groups in total. The Morgan fingerprint density at radius 1 is 1.08 bits per heavy atom. The summed E-state index contributed by atoms with van der Waals surface area (Å²) in [5.74, 6) is -0.318. The number of hydrogen-bond donors (Lipinski definition) is 3. The van der Waals surface area contributed by atoms with E-state index in [1.165, 1.54) is 12.1 Å². The Morgan fingerprint density at radius 3 is 2.75 bits per heavy atom. The number of aromatic amines is 1. The van der Waals surface area contributed by atoms with Crippen LogP contribution in [0, 0.1) is 0 Å². The average molecular weight is 321 g/mol. The number of benzene rings is 2. The number of phenols is 2. The van der Waals surface area contributed by atoms with E-state index in [-0.39, 0.29) is 17.1 Å². The summed E-state index contributed by atoms with van der Waals surface area (Å²) in [6, 6.07) is 12.3. The van der Waals surface area contributed by atoms with Crippen LogP contribution in [0.2, 0.25) is 0 Å². The molecule has 0 unspecified atom stereocenters. The number of para-hydroxylation sites is 1. The number of rotatable bonds is 3. The summed E-state index contributed by atoms with van der Waals surface area (Å²) in [4.78, 5) is 20.2. The van der Waals surface area contributed by atoms with Crippen molar-refractivity contribution in [2.45, 2.75) is 13.0 Å². The van der Waals surface area contributed by atoms with Crippen LogP contribution in [0.1, 0.15) is 5.56 Å². The zero-order valence-corrected chi connectivity index (χ0v) is 12.7. The van der Waals surface area contributed by atoms with Crippen LogP contribution in [0.15, 0.2) is 53.6 Å². The molecule has 0 spiro atoms. The Morgan fingerprint density at radius 2 is 1.92 bits per heavy atom. The summed E-state index contributed by atoms with van der Waals surface area (Å²) in [5.41, 5.74) is 2.76. The van der Waals surface area contributed by atoms with Crippen molar-refractivity contribution in [3.05, 3.63) is 64.7 Å². The Balaban J connectivity index is 1.69. The minimum Gasteiger partial charge on any atom is -0.504 e. The third-order valence-electron chi connectivity index (χ3n) is 4.16. The van der Waals surface area contributed by atoms with Gasteiger partial charge in [-0.25, -0.2) is 4.98 Å². The van der Waals surface area contributed by atoms with Gasteiger partial charge >= 0.3 is 0 Å². The molecule has 6 heteroatoms. The molecule has 0 aliphatic carbocycles. The van der Waals surface area contributed by atoms with Crippen LogP contribution in [0.5, 0.6) is 11.5 Å². The molecule has 120 valence electrons. The minimum absolute atomic E-state index is 0.126. The van der Waals surface area contributed by atoms with Crippen LogP contribution < -0.4 is 5.56 Å². The van der Waals surface area contributed by atoms with Crippen molar-refractivity contribution < 1.29 is 10.2 Å². The number of aryl methyl sites for hydroxylation is 2. The van der Waals surface area contributed by atoms with Crippen molar-refractivity contribution in [3.63, 3.8) is 0 Å². The van der Waals surface area contributed by atoms with Gasteiger partial charge in [0.25, 0.3) is 5.56 Å². The first-order valence-corrected chi connectivity index (χ1v) is 7.60. The molecule has 4 rings (SSSR count). The Labute approximate surface area is 136 Å². The minimum atomic E-state index is -0.163. The average Bonchev–Trinajstić information content (AvgIpc) is 2.97. The highest BCUT2D eigenvalue weighted by atomic mass is 16.3. The zero-order chi connectivity index (χ0) is 16.7. The molecule has 0 radical (unpaired) electrons. The highest BCUT2D eigenvalue weighted by Gasteiger charge is 2.10. The van der Waals surface area contributed by atoms with Crippen molar-refractivity contribution in [3.8, 4) is 11.5 Å². The number of aromatic nitrogens is 3. The van der Waals surface area contributed by atoms with Gasteiger partial charge in [0.05, 0.1) is 6.33 Å². The summed E-state index contributed by atoms with van der Waals surface area (Å²) in [6.07, 6.45) is 2.09. The van der Waals surface area contributed by atoms with E-state index < -0.39 is 0 Å². The fourth-order valence-corrected chi connectivity index (χ4v) is 2.87. The Kier molecular flexibility index (Phi) is 3.23. The van der Waals surface area contributed by atoms with E-state index in [0.717, 1.165) is 16.5 Å². The summed E-state index contributed by atoms with van der Waals surface area (Å²) >= 11 is 0. The van der Waals surface area contributed by atoms with Crippen molar-refractivity contribution in [2.75, 3.05) is 0 Å². The molecule has 24 heavy (non-hydrogen) atoms. The summed E-state index contributed by atoms with van der Waals surface area (Å²) in [5, 5.41) is 19.8. The maximum atomic E-state index is 12.6. The molecule has 0 atom stereocenters. The first-order chi connectivity index (χ1) is 11.6. The van der Waals surface area contributed by atoms with Crippen molar-refractivity contribution in [1.82, 2.24) is 14.5 Å². The highest BCUT2D eigenvalue weighted by molar-refractivity contribution is 6.04. The molecule has 0 saturated carbocycles. The van der Waals surface area contributed by atoms with E-state index in [2.05, 4.69) is 9.97 Å². The van der Waals surface area contributed by atoms with Crippen LogP contribution in [0.4, 0.5) is 0 Å². The van der Waals surface area contributed by atoms with Crippen LogP contribution in [-0.4, -0.2) is 24.7 Å². The van der Waals surface area contributed by atoms with E-state index in [0.29, 0.717) is 24.0 Å². The van der Waals surface area contributed by atoms with Gasteiger partial charge in [-0.1, -0.05) is 24.3 Å². The van der Waals surface area contributed by atoms with Crippen LogP contribution in [0.25, 0.3) is 21.9 Å². The van der Waals surface area contributed by atoms with Crippen LogP contribution >= 0.6 is 0 Å². The Hall–Kier alpha value is -3.28. The fraction of sp³-hybridized carbons (Fsp3) is 0.111. The molecule has 0 bridgehead atoms. The van der Waals surface area contributed by atoms with Gasteiger partial charge in [-0.15, -0.1) is 0 Å². The van der Waals surface area contributed by atoms with Gasteiger partial charge in [0.1, 0.15) is 11.0 Å². The van der Waals surface area contributed by atoms with E-state index >= 15 is 0 Å². The number of nitrogens with zero attached hydrogens (tertiary/aromatic N) is 2. The molecule has 6 nitrogen and oxygen atoms in total. The number of hydrogen-bond acceptors (Lipinski definition) is 4. The monoisotopic (exact) mass is 321 g/mol. The molecule has 4 aromatic rings. The molecular weight excluding hydrogens is 306 g/mol. The lowest BCUT2D eigenvalue weighted by Gasteiger charge is -2.06. The third kappa shape index (κ3) is 2.28. The van der Waals surface area contributed by atoms with E-state index in [9.17, 15) is 15.0 Å². The fourth-order valence-electron chi connectivity index (χ4n) is 2.87. The number of nitrogens with one attached hydrogen (secondary N) is 1. The summed E-state index contributed by atoms with van der Waals surface area (Å²) < 4.78 is 1.54. The first kappa shape index (κ1) is 14.3. The van der Waals surface area contributed by atoms with Gasteiger partial charge in [0, 0.05) is 17.4 Å². The molecule has 2 aromatic heterocycles. The smallest absolute Gasteiger partial charge is 0.277 e. The van der Waals surface area contributed by atoms with Crippen molar-refractivity contribution in [2.24, 2.45) is 0 Å².